The van der Waals surface area contributed by atoms with Gasteiger partial charge < -0.3 is 5.32 Å². The van der Waals surface area contributed by atoms with Gasteiger partial charge in [0.25, 0.3) is 15.9 Å². The molecule has 0 bridgehead atoms. The second-order valence-corrected chi connectivity index (χ2v) is 12.2. The molecule has 0 saturated heterocycles. The fraction of sp³-hybridized carbons (Fsp3) is 0.138. The van der Waals surface area contributed by atoms with E-state index in [1.807, 2.05) is 42.5 Å². The predicted octanol–water partition coefficient (Wildman–Crippen LogP) is 7.05. The number of para-hydroxylation sites is 1. The van der Waals surface area contributed by atoms with Gasteiger partial charge in [0.05, 0.1) is 32.7 Å². The summed E-state index contributed by atoms with van der Waals surface area (Å²) in [5.41, 5.74) is 2.46. The van der Waals surface area contributed by atoms with Gasteiger partial charge in [-0.05, 0) is 47.5 Å². The zero-order valence-electron chi connectivity index (χ0n) is 20.4. The monoisotopic (exact) mass is 584 g/mol. The molecule has 4 rings (SSSR count). The van der Waals surface area contributed by atoms with Gasteiger partial charge in [-0.25, -0.2) is 8.42 Å². The molecule has 0 aromatic heterocycles. The Morgan fingerprint density at radius 2 is 1.45 bits per heavy atom. The van der Waals surface area contributed by atoms with Crippen LogP contribution in [0.1, 0.15) is 21.5 Å². The van der Waals surface area contributed by atoms with Gasteiger partial charge in [-0.1, -0.05) is 89.9 Å². The van der Waals surface area contributed by atoms with Crippen molar-refractivity contribution in [2.45, 2.75) is 17.2 Å². The van der Waals surface area contributed by atoms with Gasteiger partial charge in [0, 0.05) is 18.1 Å². The van der Waals surface area contributed by atoms with E-state index in [1.165, 1.54) is 4.31 Å². The average molecular weight is 586 g/mol. The highest BCUT2D eigenvalue weighted by Gasteiger charge is 2.28. The van der Waals surface area contributed by atoms with Gasteiger partial charge >= 0.3 is 0 Å². The molecule has 0 atom stereocenters. The molecule has 0 fully saturated rings. The number of rotatable bonds is 11. The highest BCUT2D eigenvalue weighted by Crippen LogP contribution is 2.29. The van der Waals surface area contributed by atoms with E-state index in [2.05, 4.69) is 5.32 Å². The topological polar surface area (TPSA) is 66.5 Å². The maximum atomic E-state index is 13.8. The Bertz CT molecular complexity index is 1480. The van der Waals surface area contributed by atoms with Crippen LogP contribution in [-0.2, 0) is 22.3 Å². The number of benzene rings is 4. The predicted molar refractivity (Wildman–Crippen MR) is 158 cm³/mol. The molecule has 0 unspecified atom stereocenters. The molecule has 0 heterocycles. The standard InChI is InChI=1S/C29H26Cl2N2O3S2/c30-26-16-15-23(19-27(26)31)21-37-18-17-32-29(34)25-13-7-8-14-28(25)33(20-22-9-3-1-4-10-22)38(35,36)24-11-5-2-6-12-24/h1-16,19H,17-18,20-21H2,(H,32,34). The molecule has 38 heavy (non-hydrogen) atoms. The van der Waals surface area contributed by atoms with Crippen LogP contribution in [0.4, 0.5) is 5.69 Å². The molecular weight excluding hydrogens is 559 g/mol. The Labute approximate surface area is 237 Å². The molecule has 4 aromatic carbocycles. The molecule has 5 nitrogen and oxygen atoms in total. The Kier molecular flexibility index (Phi) is 9.74. The average Bonchev–Trinajstić information content (AvgIpc) is 2.94. The summed E-state index contributed by atoms with van der Waals surface area (Å²) in [6, 6.07) is 29.9. The second kappa shape index (κ2) is 13.2. The Morgan fingerprint density at radius 3 is 2.16 bits per heavy atom. The third kappa shape index (κ3) is 7.11. The minimum absolute atomic E-state index is 0.0852. The first kappa shape index (κ1) is 28.0. The normalized spacial score (nSPS) is 11.2. The van der Waals surface area contributed by atoms with Crippen LogP contribution in [0.2, 0.25) is 10.0 Å². The van der Waals surface area contributed by atoms with E-state index >= 15 is 0 Å². The first-order valence-electron chi connectivity index (χ1n) is 11.9. The first-order valence-corrected chi connectivity index (χ1v) is 15.2. The Balaban J connectivity index is 1.51. The number of thioether (sulfide) groups is 1. The zero-order chi connectivity index (χ0) is 27.0. The number of halogens is 2. The number of hydrogen-bond acceptors (Lipinski definition) is 4. The minimum Gasteiger partial charge on any atom is -0.351 e. The molecule has 9 heteroatoms. The van der Waals surface area contributed by atoms with Gasteiger partial charge in [0.15, 0.2) is 0 Å². The quantitative estimate of drug-likeness (QED) is 0.192. The van der Waals surface area contributed by atoms with Crippen molar-refractivity contribution < 1.29 is 13.2 Å². The lowest BCUT2D eigenvalue weighted by molar-refractivity contribution is 0.0957. The van der Waals surface area contributed by atoms with Crippen molar-refractivity contribution in [3.63, 3.8) is 0 Å². The van der Waals surface area contributed by atoms with Gasteiger partial charge in [0.1, 0.15) is 0 Å². The maximum absolute atomic E-state index is 13.8. The molecule has 0 aliphatic carbocycles. The maximum Gasteiger partial charge on any atom is 0.264 e. The van der Waals surface area contributed by atoms with Crippen molar-refractivity contribution in [1.82, 2.24) is 5.32 Å². The van der Waals surface area contributed by atoms with Gasteiger partial charge in [0.2, 0.25) is 0 Å². The Morgan fingerprint density at radius 1 is 0.789 bits per heavy atom. The lowest BCUT2D eigenvalue weighted by Crippen LogP contribution is -2.34. The molecule has 1 N–H and O–H groups in total. The molecule has 1 amide bonds. The summed E-state index contributed by atoms with van der Waals surface area (Å²) < 4.78 is 28.8. The van der Waals surface area contributed by atoms with Crippen molar-refractivity contribution in [3.8, 4) is 0 Å². The highest BCUT2D eigenvalue weighted by atomic mass is 35.5. The fourth-order valence-corrected chi connectivity index (χ4v) is 6.42. The van der Waals surface area contributed by atoms with Crippen LogP contribution in [0.25, 0.3) is 0 Å². The number of sulfonamides is 1. The van der Waals surface area contributed by atoms with E-state index in [4.69, 9.17) is 23.2 Å². The van der Waals surface area contributed by atoms with Crippen LogP contribution in [-0.4, -0.2) is 26.6 Å². The van der Waals surface area contributed by atoms with Crippen LogP contribution < -0.4 is 9.62 Å². The van der Waals surface area contributed by atoms with Crippen LogP contribution in [0.15, 0.2) is 108 Å². The lowest BCUT2D eigenvalue weighted by atomic mass is 10.1. The number of nitrogens with one attached hydrogen (secondary N) is 1. The number of carbonyl (C=O) groups is 1. The SMILES string of the molecule is O=C(NCCSCc1ccc(Cl)c(Cl)c1)c1ccccc1N(Cc1ccccc1)S(=O)(=O)c1ccccc1. The van der Waals surface area contributed by atoms with E-state index in [-0.39, 0.29) is 22.9 Å². The van der Waals surface area contributed by atoms with Crippen LogP contribution >= 0.6 is 35.0 Å². The number of anilines is 1. The van der Waals surface area contributed by atoms with Crippen molar-refractivity contribution in [2.75, 3.05) is 16.6 Å². The second-order valence-electron chi connectivity index (χ2n) is 8.38. The Hall–Kier alpha value is -2.97. The molecule has 4 aromatic rings. The molecule has 0 aliphatic heterocycles. The summed E-state index contributed by atoms with van der Waals surface area (Å²) in [4.78, 5) is 13.4. The zero-order valence-corrected chi connectivity index (χ0v) is 23.5. The largest absolute Gasteiger partial charge is 0.351 e. The molecule has 0 aliphatic rings. The minimum atomic E-state index is -3.95. The van der Waals surface area contributed by atoms with E-state index in [9.17, 15) is 13.2 Å². The third-order valence-electron chi connectivity index (χ3n) is 5.70. The van der Waals surface area contributed by atoms with E-state index in [1.54, 1.807) is 72.4 Å². The molecule has 0 spiro atoms. The smallest absolute Gasteiger partial charge is 0.264 e. The summed E-state index contributed by atoms with van der Waals surface area (Å²) in [7, 11) is -3.95. The molecule has 0 saturated carbocycles. The highest BCUT2D eigenvalue weighted by molar-refractivity contribution is 7.98. The summed E-state index contributed by atoms with van der Waals surface area (Å²) in [5.74, 6) is 1.06. The van der Waals surface area contributed by atoms with Crippen LogP contribution in [0.5, 0.6) is 0 Å². The van der Waals surface area contributed by atoms with Crippen LogP contribution in [0, 0.1) is 0 Å². The summed E-state index contributed by atoms with van der Waals surface area (Å²) in [6.45, 7) is 0.505. The third-order valence-corrected chi connectivity index (χ3v) is 9.25. The van der Waals surface area contributed by atoms with E-state index < -0.39 is 10.0 Å². The van der Waals surface area contributed by atoms with Gasteiger partial charge in [-0.3, -0.25) is 9.10 Å². The van der Waals surface area contributed by atoms with Gasteiger partial charge in [-0.2, -0.15) is 11.8 Å². The van der Waals surface area contributed by atoms with E-state index in [0.717, 1.165) is 16.9 Å². The van der Waals surface area contributed by atoms with Crippen molar-refractivity contribution in [1.29, 1.82) is 0 Å². The van der Waals surface area contributed by atoms with Crippen LogP contribution in [0.3, 0.4) is 0 Å². The fourth-order valence-electron chi connectivity index (χ4n) is 3.80. The molecule has 0 radical (unpaired) electrons. The number of hydrogen-bond donors (Lipinski definition) is 1. The number of amides is 1. The molecule has 196 valence electrons. The number of nitrogens with zero attached hydrogens (tertiary/aromatic N) is 1. The summed E-state index contributed by atoms with van der Waals surface area (Å²) in [6.07, 6.45) is 0. The van der Waals surface area contributed by atoms with Crippen molar-refractivity contribution >= 4 is 56.6 Å². The molecular formula is C29H26Cl2N2O3S2. The summed E-state index contributed by atoms with van der Waals surface area (Å²) >= 11 is 13.7. The van der Waals surface area contributed by atoms with Crippen molar-refractivity contribution in [2.24, 2.45) is 0 Å². The summed E-state index contributed by atoms with van der Waals surface area (Å²) in [5, 5.41) is 3.96. The number of carbonyl (C=O) groups excluding carboxylic acids is 1. The first-order chi connectivity index (χ1) is 18.4. The van der Waals surface area contributed by atoms with Crippen molar-refractivity contribution in [3.05, 3.63) is 130 Å². The lowest BCUT2D eigenvalue weighted by Gasteiger charge is -2.26. The van der Waals surface area contributed by atoms with E-state index in [0.29, 0.717) is 28.0 Å². The van der Waals surface area contributed by atoms with Gasteiger partial charge in [-0.15, -0.1) is 0 Å².